The highest BCUT2D eigenvalue weighted by Crippen LogP contribution is 2.52. The van der Waals surface area contributed by atoms with Crippen LogP contribution in [-0.2, 0) is 12.8 Å². The van der Waals surface area contributed by atoms with Crippen LogP contribution >= 0.6 is 90.7 Å². The molecule has 8 aromatic heterocycles. The van der Waals surface area contributed by atoms with Crippen LogP contribution in [0.4, 0.5) is 0 Å². The topological polar surface area (TPSA) is 74.8 Å². The van der Waals surface area contributed by atoms with Crippen LogP contribution in [0.25, 0.3) is 90.2 Å². The molecule has 0 saturated carbocycles. The van der Waals surface area contributed by atoms with E-state index in [1.807, 2.05) is 57.5 Å². The maximum absolute atomic E-state index is 15.7. The van der Waals surface area contributed by atoms with Gasteiger partial charge in [0.15, 0.2) is 0 Å². The summed E-state index contributed by atoms with van der Waals surface area (Å²) in [6.07, 6.45) is 19.9. The SMILES string of the molecule is CCCCCCc1ccc(-c2ccc(-c3ccc(-c4ccc(-c5cc6c7c(c(-c8ccc(-c9ccc(-c%10ccc(-c%11ccc(CCCCCC)s%11)s%10)s9)s8)cc8c7c5C(=O)N(C[C@H](CC)CCCC)C8=O)C(=O)N(C[C@@H](CC)CCCC)C6=O)s4)s3)s2)s1. The normalized spacial score (nSPS) is 14.0. The molecule has 0 saturated heterocycles. The highest BCUT2D eigenvalue weighted by Gasteiger charge is 2.44. The third-order valence-electron chi connectivity index (χ3n) is 17.7. The summed E-state index contributed by atoms with van der Waals surface area (Å²) in [5, 5.41) is 0.853. The largest absolute Gasteiger partial charge is 0.274 e. The fourth-order valence-electron chi connectivity index (χ4n) is 12.6. The van der Waals surface area contributed by atoms with Crippen LogP contribution in [0.2, 0.25) is 0 Å². The van der Waals surface area contributed by atoms with Crippen LogP contribution in [0, 0.1) is 11.8 Å². The number of imide groups is 2. The predicted octanol–water partition coefficient (Wildman–Crippen LogP) is 24.5. The Morgan fingerprint density at radius 3 is 0.898 bits per heavy atom. The summed E-state index contributed by atoms with van der Waals surface area (Å²) in [5.74, 6) is -1.22. The summed E-state index contributed by atoms with van der Waals surface area (Å²) in [6, 6.07) is 39.2. The van der Waals surface area contributed by atoms with Crippen LogP contribution in [0.15, 0.2) is 109 Å². The first-order valence-electron chi connectivity index (χ1n) is 32.2. The third-order valence-corrected chi connectivity index (χ3v) is 27.8. The Labute approximate surface area is 552 Å². The summed E-state index contributed by atoms with van der Waals surface area (Å²) in [6.45, 7) is 13.8. The fraction of sp³-hybridized carbons (Fsp3) is 0.378. The monoisotopic (exact) mass is 1310 g/mol. The molecule has 0 spiro atoms. The molecule has 0 aliphatic carbocycles. The molecule has 456 valence electrons. The minimum Gasteiger partial charge on any atom is -0.274 e. The standard InChI is InChI=1S/C74H78N2O4S8/c1-7-13-17-19-23-47-25-27-55(81-47)57-33-35-63(85-57)65-39-37-61(87-65)59-31-29-53(83-59)49-41-51-68-67-52(72(78)75(73(79)69(49)67)43-45(11-5)21-15-9-3)42-50(70(68)74(80)76(71(51)77)44-46(12-6)22-16-10-4)54-30-32-60(84-54)62-38-40-66(88-62)64-36-34-58(86-64)56-28-26-48(82-56)24-20-18-14-8-2/h25-42,45-46H,7-24,43-44H2,1-6H3/t45-,46+. The van der Waals surface area contributed by atoms with Crippen molar-refractivity contribution in [2.45, 2.75) is 157 Å². The number of carbonyl (C=O) groups excluding carboxylic acids is 4. The lowest BCUT2D eigenvalue weighted by Crippen LogP contribution is -2.46. The van der Waals surface area contributed by atoms with E-state index >= 15 is 19.2 Å². The van der Waals surface area contributed by atoms with E-state index in [0.717, 1.165) is 93.5 Å². The van der Waals surface area contributed by atoms with Crippen LogP contribution in [0.1, 0.15) is 195 Å². The molecule has 10 heterocycles. The molecule has 0 bridgehead atoms. The van der Waals surface area contributed by atoms with Crippen molar-refractivity contribution in [3.63, 3.8) is 0 Å². The highest BCUT2D eigenvalue weighted by atomic mass is 32.1. The first kappa shape index (κ1) is 62.8. The summed E-state index contributed by atoms with van der Waals surface area (Å²) < 4.78 is 0. The number of amides is 4. The molecule has 2 aliphatic rings. The quantitative estimate of drug-likeness (QED) is 0.0332. The molecule has 2 atom stereocenters. The van der Waals surface area contributed by atoms with Crippen molar-refractivity contribution in [3.8, 4) is 79.4 Å². The van der Waals surface area contributed by atoms with Crippen LogP contribution in [-0.4, -0.2) is 46.5 Å². The van der Waals surface area contributed by atoms with Crippen molar-refractivity contribution in [3.05, 3.63) is 141 Å². The number of unbranched alkanes of at least 4 members (excludes halogenated alkanes) is 8. The maximum atomic E-state index is 15.7. The Morgan fingerprint density at radius 1 is 0.307 bits per heavy atom. The van der Waals surface area contributed by atoms with Crippen molar-refractivity contribution < 1.29 is 19.2 Å². The Balaban J connectivity index is 0.926. The van der Waals surface area contributed by atoms with E-state index < -0.39 is 0 Å². The van der Waals surface area contributed by atoms with Gasteiger partial charge in [0.1, 0.15) is 0 Å². The molecular weight excluding hydrogens is 1240 g/mol. The molecule has 10 aromatic rings. The molecule has 14 heteroatoms. The zero-order chi connectivity index (χ0) is 61.0. The van der Waals surface area contributed by atoms with Crippen molar-refractivity contribution in [1.29, 1.82) is 0 Å². The van der Waals surface area contributed by atoms with Gasteiger partial charge in [-0.05, 0) is 160 Å². The number of hydrogen-bond acceptors (Lipinski definition) is 12. The van der Waals surface area contributed by atoms with Gasteiger partial charge in [0, 0.05) is 124 Å². The number of thiophene rings is 8. The lowest BCUT2D eigenvalue weighted by atomic mass is 9.80. The first-order valence-corrected chi connectivity index (χ1v) is 38.7. The zero-order valence-corrected chi connectivity index (χ0v) is 58.0. The van der Waals surface area contributed by atoms with Gasteiger partial charge >= 0.3 is 0 Å². The van der Waals surface area contributed by atoms with E-state index in [1.54, 1.807) is 45.3 Å². The zero-order valence-electron chi connectivity index (χ0n) is 51.5. The van der Waals surface area contributed by atoms with Crippen molar-refractivity contribution in [1.82, 2.24) is 9.80 Å². The average Bonchev–Trinajstić information content (AvgIpc) is 1.27. The summed E-state index contributed by atoms with van der Waals surface area (Å²) in [5.41, 5.74) is 2.80. The molecule has 2 aliphatic heterocycles. The van der Waals surface area contributed by atoms with E-state index in [0.29, 0.717) is 57.2 Å². The van der Waals surface area contributed by atoms with Gasteiger partial charge in [-0.15, -0.1) is 90.7 Å². The number of aryl methyl sites for hydroxylation is 2. The van der Waals surface area contributed by atoms with E-state index in [-0.39, 0.29) is 35.5 Å². The van der Waals surface area contributed by atoms with Gasteiger partial charge in [0.05, 0.1) is 11.1 Å². The Kier molecular flexibility index (Phi) is 20.3. The van der Waals surface area contributed by atoms with E-state index in [2.05, 4.69) is 139 Å². The van der Waals surface area contributed by atoms with Gasteiger partial charge in [-0.25, -0.2) is 0 Å². The fourth-order valence-corrected chi connectivity index (χ4v) is 21.3. The second-order valence-corrected chi connectivity index (χ2v) is 32.7. The lowest BCUT2D eigenvalue weighted by molar-refractivity contribution is 0.0559. The number of benzene rings is 2. The Bertz CT molecular complexity index is 3860. The number of rotatable bonds is 30. The van der Waals surface area contributed by atoms with Gasteiger partial charge in [0.2, 0.25) is 0 Å². The first-order chi connectivity index (χ1) is 43.0. The molecule has 0 fully saturated rings. The number of hydrogen-bond donors (Lipinski definition) is 0. The minimum atomic E-state index is -0.367. The van der Waals surface area contributed by atoms with Crippen molar-refractivity contribution >= 4 is 125 Å². The molecule has 0 unspecified atom stereocenters. The van der Waals surface area contributed by atoms with Gasteiger partial charge in [-0.1, -0.05) is 119 Å². The lowest BCUT2D eigenvalue weighted by Gasteiger charge is -2.36. The summed E-state index contributed by atoms with van der Waals surface area (Å²) >= 11 is 14.3. The second kappa shape index (κ2) is 28.4. The van der Waals surface area contributed by atoms with Gasteiger partial charge in [0.25, 0.3) is 23.6 Å². The van der Waals surface area contributed by atoms with E-state index in [9.17, 15) is 0 Å². The maximum Gasteiger partial charge on any atom is 0.262 e. The molecule has 0 radical (unpaired) electrons. The molecule has 6 nitrogen and oxygen atoms in total. The molecule has 4 amide bonds. The van der Waals surface area contributed by atoms with Crippen LogP contribution in [0.5, 0.6) is 0 Å². The van der Waals surface area contributed by atoms with Crippen molar-refractivity contribution in [2.75, 3.05) is 13.1 Å². The smallest absolute Gasteiger partial charge is 0.262 e. The minimum absolute atomic E-state index is 0.120. The van der Waals surface area contributed by atoms with Gasteiger partial charge < -0.3 is 0 Å². The van der Waals surface area contributed by atoms with Crippen LogP contribution < -0.4 is 0 Å². The molecule has 12 rings (SSSR count). The third kappa shape index (κ3) is 12.9. The number of carbonyl (C=O) groups is 4. The molecule has 88 heavy (non-hydrogen) atoms. The summed E-state index contributed by atoms with van der Waals surface area (Å²) in [4.78, 5) is 84.4. The molecule has 0 N–H and O–H groups in total. The highest BCUT2D eigenvalue weighted by molar-refractivity contribution is 7.30. The molecular formula is C74H78N2O4S8. The predicted molar refractivity (Wildman–Crippen MR) is 383 cm³/mol. The number of nitrogens with zero attached hydrogens (tertiary/aromatic N) is 2. The van der Waals surface area contributed by atoms with Gasteiger partial charge in [-0.2, -0.15) is 0 Å². The average molecular weight is 1320 g/mol. The van der Waals surface area contributed by atoms with Crippen LogP contribution in [0.3, 0.4) is 0 Å². The second-order valence-electron chi connectivity index (χ2n) is 23.9. The Morgan fingerprint density at radius 2 is 0.591 bits per heavy atom. The van der Waals surface area contributed by atoms with Crippen molar-refractivity contribution in [2.24, 2.45) is 11.8 Å². The van der Waals surface area contributed by atoms with E-state index in [1.165, 1.54) is 110 Å². The van der Waals surface area contributed by atoms with Gasteiger partial charge in [-0.3, -0.25) is 29.0 Å². The Hall–Kier alpha value is -5.42. The van der Waals surface area contributed by atoms with E-state index in [4.69, 9.17) is 0 Å². The summed E-state index contributed by atoms with van der Waals surface area (Å²) in [7, 11) is 0. The molecule has 2 aromatic carbocycles.